The number of alkyl halides is 12. The van der Waals surface area contributed by atoms with E-state index in [1.54, 1.807) is 13.8 Å². The maximum Gasteiger partial charge on any atom is 0.416 e. The standard InChI is InChI=1S/2C13H14F6/c1-4-8(3)11-9(12(14,15)16)5-7(2)6-10(11)13(17,18)19;1-4-7(2)9-6-10(12(14,15)16)8(3)5-11(9)13(17,18)19/h5-6,8H,4H2,1-3H3;5-7H,4H2,1-3H3. The summed E-state index contributed by atoms with van der Waals surface area (Å²) >= 11 is 0. The molecule has 2 aromatic carbocycles. The summed E-state index contributed by atoms with van der Waals surface area (Å²) in [7, 11) is 0. The van der Waals surface area contributed by atoms with Crippen LogP contribution in [0, 0.1) is 13.8 Å². The minimum absolute atomic E-state index is 0.0493. The van der Waals surface area contributed by atoms with Crippen molar-refractivity contribution in [2.24, 2.45) is 0 Å². The van der Waals surface area contributed by atoms with Crippen LogP contribution < -0.4 is 0 Å². The lowest BCUT2D eigenvalue weighted by atomic mass is 9.87. The molecule has 0 heterocycles. The van der Waals surface area contributed by atoms with Gasteiger partial charge in [-0.2, -0.15) is 52.7 Å². The van der Waals surface area contributed by atoms with Gasteiger partial charge < -0.3 is 0 Å². The molecule has 0 saturated carbocycles. The first-order valence-corrected chi connectivity index (χ1v) is 11.5. The zero-order chi connectivity index (χ0) is 30.0. The summed E-state index contributed by atoms with van der Waals surface area (Å²) in [4.78, 5) is 0. The second-order valence-electron chi connectivity index (χ2n) is 9.14. The second kappa shape index (κ2) is 11.8. The van der Waals surface area contributed by atoms with Crippen LogP contribution in [0.25, 0.3) is 0 Å². The molecular formula is C26H28F12. The first-order chi connectivity index (χ1) is 17.0. The Kier molecular flexibility index (Phi) is 10.4. The molecule has 0 aromatic heterocycles. The van der Waals surface area contributed by atoms with Crippen LogP contribution in [0.2, 0.25) is 0 Å². The van der Waals surface area contributed by atoms with Crippen LogP contribution in [-0.2, 0) is 24.7 Å². The Hall–Kier alpha value is -2.40. The van der Waals surface area contributed by atoms with Crippen LogP contribution in [-0.4, -0.2) is 0 Å². The molecule has 0 amide bonds. The number of hydrogen-bond donors (Lipinski definition) is 0. The topological polar surface area (TPSA) is 0 Å². The van der Waals surface area contributed by atoms with Crippen molar-refractivity contribution in [2.75, 3.05) is 0 Å². The predicted octanol–water partition coefficient (Wildman–Crippen LogP) is 11.1. The molecule has 0 N–H and O–H groups in total. The number of hydrogen-bond acceptors (Lipinski definition) is 0. The maximum absolute atomic E-state index is 12.9. The summed E-state index contributed by atoms with van der Waals surface area (Å²) in [6.45, 7) is 8.32. The van der Waals surface area contributed by atoms with Crippen molar-refractivity contribution in [1.29, 1.82) is 0 Å². The highest BCUT2D eigenvalue weighted by Gasteiger charge is 2.42. The van der Waals surface area contributed by atoms with Gasteiger partial charge in [-0.05, 0) is 85.0 Å². The maximum atomic E-state index is 12.9. The highest BCUT2D eigenvalue weighted by Crippen LogP contribution is 2.44. The van der Waals surface area contributed by atoms with Crippen LogP contribution in [0.4, 0.5) is 52.7 Å². The SMILES string of the molecule is CCC(C)c1c(C(F)(F)F)cc(C)cc1C(F)(F)F.CCC(C)c1cc(C(F)(F)F)c(C)cc1C(F)(F)F. The van der Waals surface area contributed by atoms with Crippen LogP contribution in [0.3, 0.4) is 0 Å². The predicted molar refractivity (Wildman–Crippen MR) is 120 cm³/mol. The molecule has 2 aromatic rings. The molecule has 0 spiro atoms. The molecule has 12 heteroatoms. The van der Waals surface area contributed by atoms with Gasteiger partial charge in [0.25, 0.3) is 0 Å². The van der Waals surface area contributed by atoms with E-state index < -0.39 is 69.9 Å². The normalized spacial score (nSPS) is 14.6. The fourth-order valence-electron chi connectivity index (χ4n) is 3.90. The lowest BCUT2D eigenvalue weighted by Crippen LogP contribution is -2.18. The lowest BCUT2D eigenvalue weighted by Gasteiger charge is -2.23. The Morgan fingerprint density at radius 2 is 0.895 bits per heavy atom. The monoisotopic (exact) mass is 568 g/mol. The smallest absolute Gasteiger partial charge is 0.166 e. The van der Waals surface area contributed by atoms with E-state index in [4.69, 9.17) is 0 Å². The first-order valence-electron chi connectivity index (χ1n) is 11.5. The molecule has 2 unspecified atom stereocenters. The van der Waals surface area contributed by atoms with Crippen molar-refractivity contribution < 1.29 is 52.7 Å². The van der Waals surface area contributed by atoms with E-state index in [0.717, 1.165) is 19.1 Å². The van der Waals surface area contributed by atoms with Crippen molar-refractivity contribution >= 4 is 0 Å². The third-order valence-electron chi connectivity index (χ3n) is 6.19. The molecule has 0 aliphatic carbocycles. The molecule has 216 valence electrons. The van der Waals surface area contributed by atoms with Gasteiger partial charge >= 0.3 is 24.7 Å². The first kappa shape index (κ1) is 33.6. The highest BCUT2D eigenvalue weighted by atomic mass is 19.4. The zero-order valence-electron chi connectivity index (χ0n) is 21.4. The average Bonchev–Trinajstić information content (AvgIpc) is 2.75. The van der Waals surface area contributed by atoms with Gasteiger partial charge in [-0.15, -0.1) is 0 Å². The molecule has 0 nitrogen and oxygen atoms in total. The van der Waals surface area contributed by atoms with Crippen molar-refractivity contribution in [3.05, 3.63) is 68.8 Å². The van der Waals surface area contributed by atoms with Gasteiger partial charge in [0.15, 0.2) is 0 Å². The minimum Gasteiger partial charge on any atom is -0.166 e. The second-order valence-corrected chi connectivity index (χ2v) is 9.14. The van der Waals surface area contributed by atoms with Crippen molar-refractivity contribution in [2.45, 2.75) is 90.9 Å². The number of benzene rings is 2. The number of rotatable bonds is 4. The molecule has 0 saturated heterocycles. The molecule has 38 heavy (non-hydrogen) atoms. The van der Waals surface area contributed by atoms with E-state index in [1.165, 1.54) is 20.8 Å². The summed E-state index contributed by atoms with van der Waals surface area (Å²) in [5.41, 5.74) is -5.77. The van der Waals surface area contributed by atoms with Crippen molar-refractivity contribution in [3.8, 4) is 0 Å². The lowest BCUT2D eigenvalue weighted by molar-refractivity contribution is -0.144. The summed E-state index contributed by atoms with van der Waals surface area (Å²) in [5, 5.41) is 0. The molecule has 2 atom stereocenters. The van der Waals surface area contributed by atoms with Gasteiger partial charge in [-0.3, -0.25) is 0 Å². The van der Waals surface area contributed by atoms with E-state index in [2.05, 4.69) is 0 Å². The fourth-order valence-corrected chi connectivity index (χ4v) is 3.90. The van der Waals surface area contributed by atoms with Gasteiger partial charge in [-0.1, -0.05) is 27.7 Å². The van der Waals surface area contributed by atoms with E-state index in [1.807, 2.05) is 0 Å². The number of aryl methyl sites for hydroxylation is 2. The van der Waals surface area contributed by atoms with Gasteiger partial charge in [0, 0.05) is 0 Å². The molecule has 0 radical (unpaired) electrons. The Morgan fingerprint density at radius 3 is 1.21 bits per heavy atom. The van der Waals surface area contributed by atoms with Crippen molar-refractivity contribution in [3.63, 3.8) is 0 Å². The zero-order valence-corrected chi connectivity index (χ0v) is 21.4. The third-order valence-corrected chi connectivity index (χ3v) is 6.19. The van der Waals surface area contributed by atoms with Crippen LogP contribution in [0.5, 0.6) is 0 Å². The van der Waals surface area contributed by atoms with E-state index in [0.29, 0.717) is 18.6 Å². The van der Waals surface area contributed by atoms with Crippen molar-refractivity contribution in [1.82, 2.24) is 0 Å². The Balaban J connectivity index is 0.000000380. The average molecular weight is 568 g/mol. The Morgan fingerprint density at radius 1 is 0.526 bits per heavy atom. The van der Waals surface area contributed by atoms with Gasteiger partial charge in [0.2, 0.25) is 0 Å². The molecule has 0 fully saturated rings. The van der Waals surface area contributed by atoms with Crippen LogP contribution in [0.15, 0.2) is 24.3 Å². The highest BCUT2D eigenvalue weighted by molar-refractivity contribution is 5.44. The van der Waals surface area contributed by atoms with Gasteiger partial charge in [0.1, 0.15) is 0 Å². The molecule has 0 bridgehead atoms. The summed E-state index contributed by atoms with van der Waals surface area (Å²) in [6, 6.07) is 2.77. The Labute approximate surface area is 213 Å². The summed E-state index contributed by atoms with van der Waals surface area (Å²) in [6.07, 6.45) is -18.3. The molecule has 0 aliphatic rings. The summed E-state index contributed by atoms with van der Waals surface area (Å²) in [5.74, 6) is -1.40. The number of halogens is 12. The van der Waals surface area contributed by atoms with Gasteiger partial charge in [-0.25, -0.2) is 0 Å². The minimum atomic E-state index is -4.79. The van der Waals surface area contributed by atoms with E-state index in [9.17, 15) is 52.7 Å². The fraction of sp³-hybridized carbons (Fsp3) is 0.538. The van der Waals surface area contributed by atoms with Crippen LogP contribution >= 0.6 is 0 Å². The molecule has 0 aliphatic heterocycles. The summed E-state index contributed by atoms with van der Waals surface area (Å²) < 4.78 is 154. The van der Waals surface area contributed by atoms with Gasteiger partial charge in [0.05, 0.1) is 22.3 Å². The van der Waals surface area contributed by atoms with Crippen LogP contribution in [0.1, 0.15) is 96.9 Å². The quantitative estimate of drug-likeness (QED) is 0.322. The van der Waals surface area contributed by atoms with E-state index in [-0.39, 0.29) is 17.5 Å². The molecular weight excluding hydrogens is 540 g/mol. The van der Waals surface area contributed by atoms with E-state index >= 15 is 0 Å². The molecule has 2 rings (SSSR count). The third kappa shape index (κ3) is 8.30. The largest absolute Gasteiger partial charge is 0.416 e. The Bertz CT molecular complexity index is 1050.